The molecule has 0 fully saturated rings. The van der Waals surface area contributed by atoms with Gasteiger partial charge in [-0.15, -0.1) is 0 Å². The third kappa shape index (κ3) is 5.83. The molecule has 3 rings (SSSR count). The highest BCUT2D eigenvalue weighted by Gasteiger charge is 2.29. The van der Waals surface area contributed by atoms with Gasteiger partial charge in [0.25, 0.3) is 5.91 Å². The maximum atomic E-state index is 13.1. The summed E-state index contributed by atoms with van der Waals surface area (Å²) < 4.78 is 16.6. The number of nitrogens with two attached hydrogens (primary N) is 1. The smallest absolute Gasteiger partial charge is 0.254 e. The van der Waals surface area contributed by atoms with Crippen LogP contribution >= 0.6 is 0 Å². The summed E-state index contributed by atoms with van der Waals surface area (Å²) in [6.07, 6.45) is 1.64. The van der Waals surface area contributed by atoms with Crippen molar-refractivity contribution in [3.05, 3.63) is 64.7 Å². The molecule has 7 nitrogen and oxygen atoms in total. The molecule has 0 bridgehead atoms. The van der Waals surface area contributed by atoms with E-state index >= 15 is 0 Å². The van der Waals surface area contributed by atoms with Gasteiger partial charge in [-0.1, -0.05) is 31.2 Å². The van der Waals surface area contributed by atoms with Gasteiger partial charge < -0.3 is 24.8 Å². The van der Waals surface area contributed by atoms with Gasteiger partial charge in [0.2, 0.25) is 0 Å². The van der Waals surface area contributed by atoms with Crippen LogP contribution in [0, 0.1) is 5.41 Å². The predicted octanol–water partition coefficient (Wildman–Crippen LogP) is 2.99. The maximum Gasteiger partial charge on any atom is 0.254 e. The van der Waals surface area contributed by atoms with Gasteiger partial charge in [0.05, 0.1) is 25.9 Å². The fraction of sp³-hybridized carbons (Fsp3) is 0.417. The molecule has 31 heavy (non-hydrogen) atoms. The van der Waals surface area contributed by atoms with Gasteiger partial charge in [-0.2, -0.15) is 0 Å². The van der Waals surface area contributed by atoms with E-state index in [1.165, 1.54) is 0 Å². The number of fused-ring (bicyclic) bond motifs is 1. The fourth-order valence-electron chi connectivity index (χ4n) is 3.66. The van der Waals surface area contributed by atoms with Crippen LogP contribution in [0.2, 0.25) is 0 Å². The summed E-state index contributed by atoms with van der Waals surface area (Å²) in [5.74, 6) is 0.841. The van der Waals surface area contributed by atoms with Crippen LogP contribution in [0.1, 0.15) is 40.4 Å². The van der Waals surface area contributed by atoms with Crippen molar-refractivity contribution in [1.29, 1.82) is 5.41 Å². The molecule has 1 unspecified atom stereocenters. The van der Waals surface area contributed by atoms with Crippen LogP contribution in [0.5, 0.6) is 5.75 Å². The molecular weight excluding hydrogens is 394 g/mol. The highest BCUT2D eigenvalue weighted by molar-refractivity contribution is 5.97. The number of carbonyl (C=O) groups is 1. The predicted molar refractivity (Wildman–Crippen MR) is 120 cm³/mol. The molecule has 0 radical (unpaired) electrons. The largest absolute Gasteiger partial charge is 0.489 e. The van der Waals surface area contributed by atoms with Gasteiger partial charge in [0.1, 0.15) is 18.2 Å². The number of hydrogen-bond donors (Lipinski definition) is 2. The average Bonchev–Trinajstić information content (AvgIpc) is 2.79. The van der Waals surface area contributed by atoms with Crippen molar-refractivity contribution in [3.8, 4) is 5.75 Å². The molecule has 0 saturated heterocycles. The molecule has 1 aliphatic rings. The lowest BCUT2D eigenvalue weighted by atomic mass is 9.97. The van der Waals surface area contributed by atoms with Crippen molar-refractivity contribution in [2.24, 2.45) is 5.73 Å². The molecule has 1 atom stereocenters. The van der Waals surface area contributed by atoms with Crippen molar-refractivity contribution in [3.63, 3.8) is 0 Å². The summed E-state index contributed by atoms with van der Waals surface area (Å²) in [5.41, 5.74) is 8.92. The number of nitrogen functional groups attached to an aromatic ring is 1. The Morgan fingerprint density at radius 2 is 1.97 bits per heavy atom. The van der Waals surface area contributed by atoms with Gasteiger partial charge in [-0.05, 0) is 42.2 Å². The highest BCUT2D eigenvalue weighted by atomic mass is 16.5. The van der Waals surface area contributed by atoms with E-state index in [2.05, 4.69) is 6.92 Å². The first-order valence-corrected chi connectivity index (χ1v) is 10.6. The van der Waals surface area contributed by atoms with Crippen LogP contribution in [-0.2, 0) is 22.5 Å². The van der Waals surface area contributed by atoms with E-state index in [-0.39, 0.29) is 17.8 Å². The Balaban J connectivity index is 1.61. The Morgan fingerprint density at radius 3 is 2.65 bits per heavy atom. The van der Waals surface area contributed by atoms with Gasteiger partial charge in [0, 0.05) is 24.8 Å². The zero-order valence-corrected chi connectivity index (χ0v) is 18.2. The maximum absolute atomic E-state index is 13.1. The zero-order chi connectivity index (χ0) is 22.2. The third-order valence-corrected chi connectivity index (χ3v) is 5.51. The SMILES string of the molecule is CCC(COCCOC)N1CCc2cc(OCc3ccc(C(=N)N)cc3)ccc2C1=O. The zero-order valence-electron chi connectivity index (χ0n) is 18.2. The molecule has 0 aliphatic carbocycles. The second kappa shape index (κ2) is 10.9. The summed E-state index contributed by atoms with van der Waals surface area (Å²) in [4.78, 5) is 15.0. The third-order valence-electron chi connectivity index (χ3n) is 5.51. The Labute approximate surface area is 183 Å². The minimum Gasteiger partial charge on any atom is -0.489 e. The number of methoxy groups -OCH3 is 1. The van der Waals surface area contributed by atoms with Crippen LogP contribution in [0.4, 0.5) is 0 Å². The van der Waals surface area contributed by atoms with Gasteiger partial charge in [-0.25, -0.2) is 0 Å². The van der Waals surface area contributed by atoms with Crippen molar-refractivity contribution < 1.29 is 19.0 Å². The summed E-state index contributed by atoms with van der Waals surface area (Å²) >= 11 is 0. The Hall–Kier alpha value is -2.90. The Bertz CT molecular complexity index is 898. The number of nitrogens with zero attached hydrogens (tertiary/aromatic N) is 1. The van der Waals surface area contributed by atoms with Crippen LogP contribution in [-0.4, -0.2) is 56.2 Å². The number of rotatable bonds is 11. The standard InChI is InChI=1S/C24H31N3O4/c1-3-20(16-30-13-12-29-2)27-11-10-19-14-21(8-9-22(19)24(27)28)31-15-17-4-6-18(7-5-17)23(25)26/h4-9,14,20H,3,10-13,15-16H2,1-2H3,(H3,25,26). The van der Waals surface area contributed by atoms with E-state index in [1.807, 2.05) is 47.4 Å². The molecule has 1 aliphatic heterocycles. The molecule has 0 aromatic heterocycles. The van der Waals surface area contributed by atoms with Crippen molar-refractivity contribution >= 4 is 11.7 Å². The molecule has 0 spiro atoms. The molecule has 3 N–H and O–H groups in total. The van der Waals surface area contributed by atoms with Crippen LogP contribution < -0.4 is 10.5 Å². The number of ether oxygens (including phenoxy) is 3. The number of nitrogens with one attached hydrogen (secondary N) is 1. The minimum atomic E-state index is 0.0488. The number of carbonyl (C=O) groups excluding carboxylic acids is 1. The summed E-state index contributed by atoms with van der Waals surface area (Å²) in [6.45, 7) is 4.76. The lowest BCUT2D eigenvalue weighted by Crippen LogP contribution is -2.46. The minimum absolute atomic E-state index is 0.0488. The molecule has 2 aromatic rings. The first-order valence-electron chi connectivity index (χ1n) is 10.6. The first-order chi connectivity index (χ1) is 15.0. The molecule has 0 saturated carbocycles. The van der Waals surface area contributed by atoms with Crippen LogP contribution in [0.15, 0.2) is 42.5 Å². The van der Waals surface area contributed by atoms with Crippen molar-refractivity contribution in [2.75, 3.05) is 33.5 Å². The monoisotopic (exact) mass is 425 g/mol. The second-order valence-corrected chi connectivity index (χ2v) is 7.60. The first kappa shape index (κ1) is 22.8. The summed E-state index contributed by atoms with van der Waals surface area (Å²) in [5, 5.41) is 7.45. The lowest BCUT2D eigenvalue weighted by Gasteiger charge is -2.35. The topological polar surface area (TPSA) is 97.9 Å². The van der Waals surface area contributed by atoms with Crippen molar-refractivity contribution in [2.45, 2.75) is 32.4 Å². The van der Waals surface area contributed by atoms with E-state index in [1.54, 1.807) is 7.11 Å². The summed E-state index contributed by atoms with van der Waals surface area (Å²) in [7, 11) is 1.65. The lowest BCUT2D eigenvalue weighted by molar-refractivity contribution is 0.0243. The Morgan fingerprint density at radius 1 is 1.19 bits per heavy atom. The van der Waals surface area contributed by atoms with Gasteiger partial charge in [-0.3, -0.25) is 10.2 Å². The molecule has 1 amide bonds. The van der Waals surface area contributed by atoms with E-state index in [4.69, 9.17) is 25.4 Å². The number of benzene rings is 2. The van der Waals surface area contributed by atoms with Crippen LogP contribution in [0.25, 0.3) is 0 Å². The average molecular weight is 426 g/mol. The van der Waals surface area contributed by atoms with Crippen LogP contribution in [0.3, 0.4) is 0 Å². The molecule has 166 valence electrons. The molecule has 2 aromatic carbocycles. The van der Waals surface area contributed by atoms with Gasteiger partial charge in [0.15, 0.2) is 0 Å². The van der Waals surface area contributed by atoms with E-state index in [0.717, 1.165) is 35.3 Å². The molecular formula is C24H31N3O4. The second-order valence-electron chi connectivity index (χ2n) is 7.60. The highest BCUT2D eigenvalue weighted by Crippen LogP contribution is 2.26. The number of amides is 1. The number of hydrogen-bond acceptors (Lipinski definition) is 5. The summed E-state index contributed by atoms with van der Waals surface area (Å²) in [6, 6.07) is 13.1. The van der Waals surface area contributed by atoms with E-state index in [0.29, 0.717) is 38.5 Å². The normalized spacial score (nSPS) is 14.3. The molecule has 1 heterocycles. The quantitative estimate of drug-likeness (QED) is 0.328. The van der Waals surface area contributed by atoms with Gasteiger partial charge >= 0.3 is 0 Å². The molecule has 7 heteroatoms. The fourth-order valence-corrected chi connectivity index (χ4v) is 3.66. The van der Waals surface area contributed by atoms with Crippen molar-refractivity contribution in [1.82, 2.24) is 4.90 Å². The van der Waals surface area contributed by atoms with E-state index in [9.17, 15) is 4.79 Å². The number of amidine groups is 1. The Kier molecular flexibility index (Phi) is 8.03. The van der Waals surface area contributed by atoms with E-state index < -0.39 is 0 Å².